The van der Waals surface area contributed by atoms with Gasteiger partial charge < -0.3 is 19.5 Å². The SMILES string of the molecule is COc1cc(OC)c(-c2nc3cnccn3c2NC2CCCCC2)cc1OC. The van der Waals surface area contributed by atoms with Gasteiger partial charge in [0.25, 0.3) is 0 Å². The van der Waals surface area contributed by atoms with E-state index in [4.69, 9.17) is 19.2 Å². The molecule has 2 aromatic heterocycles. The summed E-state index contributed by atoms with van der Waals surface area (Å²) in [4.78, 5) is 9.07. The third-order valence-electron chi connectivity index (χ3n) is 5.34. The zero-order valence-electron chi connectivity index (χ0n) is 16.6. The lowest BCUT2D eigenvalue weighted by atomic mass is 9.95. The molecule has 1 saturated carbocycles. The maximum Gasteiger partial charge on any atom is 0.164 e. The van der Waals surface area contributed by atoms with Crippen molar-refractivity contribution in [3.05, 3.63) is 30.7 Å². The first-order chi connectivity index (χ1) is 13.7. The molecule has 0 bridgehead atoms. The molecular formula is C21H26N4O3. The van der Waals surface area contributed by atoms with Gasteiger partial charge in [-0.1, -0.05) is 19.3 Å². The van der Waals surface area contributed by atoms with Crippen LogP contribution in [0.4, 0.5) is 5.82 Å². The minimum Gasteiger partial charge on any atom is -0.496 e. The van der Waals surface area contributed by atoms with Crippen molar-refractivity contribution >= 4 is 11.5 Å². The van der Waals surface area contributed by atoms with Crippen LogP contribution in [0.15, 0.2) is 30.7 Å². The zero-order valence-corrected chi connectivity index (χ0v) is 16.6. The highest BCUT2D eigenvalue weighted by molar-refractivity contribution is 5.82. The number of fused-ring (bicyclic) bond motifs is 1. The third kappa shape index (κ3) is 3.32. The van der Waals surface area contributed by atoms with Crippen LogP contribution in [-0.2, 0) is 0 Å². The number of aromatic nitrogens is 3. The molecule has 7 nitrogen and oxygen atoms in total. The molecule has 1 aliphatic rings. The van der Waals surface area contributed by atoms with Crippen LogP contribution in [-0.4, -0.2) is 41.7 Å². The van der Waals surface area contributed by atoms with Crippen LogP contribution in [0.5, 0.6) is 17.2 Å². The Labute approximate surface area is 164 Å². The highest BCUT2D eigenvalue weighted by Gasteiger charge is 2.23. The molecule has 1 aliphatic carbocycles. The van der Waals surface area contributed by atoms with E-state index in [1.807, 2.05) is 22.7 Å². The second-order valence-corrected chi connectivity index (χ2v) is 7.00. The molecule has 2 heterocycles. The first-order valence-electron chi connectivity index (χ1n) is 9.64. The van der Waals surface area contributed by atoms with Crippen molar-refractivity contribution in [1.82, 2.24) is 14.4 Å². The largest absolute Gasteiger partial charge is 0.496 e. The number of rotatable bonds is 6. The molecular weight excluding hydrogens is 356 g/mol. The number of methoxy groups -OCH3 is 3. The summed E-state index contributed by atoms with van der Waals surface area (Å²) in [5.41, 5.74) is 2.45. The Morgan fingerprint density at radius 1 is 0.964 bits per heavy atom. The fourth-order valence-electron chi connectivity index (χ4n) is 3.89. The Kier molecular flexibility index (Phi) is 5.23. The molecule has 1 fully saturated rings. The van der Waals surface area contributed by atoms with Crippen molar-refractivity contribution in [3.63, 3.8) is 0 Å². The van der Waals surface area contributed by atoms with E-state index in [1.165, 1.54) is 32.1 Å². The Morgan fingerprint density at radius 3 is 2.39 bits per heavy atom. The molecule has 0 atom stereocenters. The average molecular weight is 382 g/mol. The second kappa shape index (κ2) is 7.96. The van der Waals surface area contributed by atoms with Crippen molar-refractivity contribution in [2.45, 2.75) is 38.1 Å². The van der Waals surface area contributed by atoms with E-state index in [2.05, 4.69) is 10.3 Å². The highest BCUT2D eigenvalue weighted by Crippen LogP contribution is 2.42. The minimum atomic E-state index is 0.437. The Hall–Kier alpha value is -2.96. The van der Waals surface area contributed by atoms with Gasteiger partial charge in [0.1, 0.15) is 17.3 Å². The van der Waals surface area contributed by atoms with Crippen molar-refractivity contribution in [2.24, 2.45) is 0 Å². The summed E-state index contributed by atoms with van der Waals surface area (Å²) in [6, 6.07) is 4.19. The molecule has 1 N–H and O–H groups in total. The Bertz CT molecular complexity index is 964. The number of ether oxygens (including phenoxy) is 3. The van der Waals surface area contributed by atoms with Gasteiger partial charge in [0, 0.05) is 30.1 Å². The number of hydrogen-bond donors (Lipinski definition) is 1. The van der Waals surface area contributed by atoms with Crippen LogP contribution in [0.25, 0.3) is 16.9 Å². The molecule has 0 aliphatic heterocycles. The monoisotopic (exact) mass is 382 g/mol. The van der Waals surface area contributed by atoms with Crippen LogP contribution >= 0.6 is 0 Å². The predicted octanol–water partition coefficient (Wildman–Crippen LogP) is 4.17. The summed E-state index contributed by atoms with van der Waals surface area (Å²) in [6.45, 7) is 0. The topological polar surface area (TPSA) is 69.9 Å². The summed E-state index contributed by atoms with van der Waals surface area (Å²) < 4.78 is 18.6. The average Bonchev–Trinajstić information content (AvgIpc) is 3.11. The van der Waals surface area contributed by atoms with Crippen molar-refractivity contribution in [3.8, 4) is 28.5 Å². The van der Waals surface area contributed by atoms with Gasteiger partial charge in [0.15, 0.2) is 17.1 Å². The smallest absolute Gasteiger partial charge is 0.164 e. The molecule has 1 aromatic carbocycles. The third-order valence-corrected chi connectivity index (χ3v) is 5.34. The quantitative estimate of drug-likeness (QED) is 0.690. The molecule has 0 amide bonds. The van der Waals surface area contributed by atoms with Gasteiger partial charge in [-0.2, -0.15) is 0 Å². The second-order valence-electron chi connectivity index (χ2n) is 7.00. The highest BCUT2D eigenvalue weighted by atomic mass is 16.5. The van der Waals surface area contributed by atoms with Crippen molar-refractivity contribution in [1.29, 1.82) is 0 Å². The minimum absolute atomic E-state index is 0.437. The normalized spacial score (nSPS) is 14.8. The van der Waals surface area contributed by atoms with E-state index in [1.54, 1.807) is 33.7 Å². The molecule has 3 aromatic rings. The summed E-state index contributed by atoms with van der Waals surface area (Å²) in [5.74, 6) is 2.89. The summed E-state index contributed by atoms with van der Waals surface area (Å²) in [6.07, 6.45) is 11.6. The van der Waals surface area contributed by atoms with Gasteiger partial charge in [-0.3, -0.25) is 9.38 Å². The van der Waals surface area contributed by atoms with Gasteiger partial charge in [-0.05, 0) is 18.9 Å². The van der Waals surface area contributed by atoms with E-state index < -0.39 is 0 Å². The fourth-order valence-corrected chi connectivity index (χ4v) is 3.89. The van der Waals surface area contributed by atoms with Gasteiger partial charge in [-0.25, -0.2) is 4.98 Å². The van der Waals surface area contributed by atoms with Gasteiger partial charge in [0.05, 0.1) is 27.5 Å². The van der Waals surface area contributed by atoms with E-state index >= 15 is 0 Å². The lowest BCUT2D eigenvalue weighted by Gasteiger charge is -2.24. The molecule has 0 spiro atoms. The van der Waals surface area contributed by atoms with Crippen LogP contribution in [0.2, 0.25) is 0 Å². The number of imidazole rings is 1. The summed E-state index contributed by atoms with van der Waals surface area (Å²) in [5, 5.41) is 3.73. The van der Waals surface area contributed by atoms with Crippen LogP contribution in [0, 0.1) is 0 Å². The summed E-state index contributed by atoms with van der Waals surface area (Å²) >= 11 is 0. The lowest BCUT2D eigenvalue weighted by Crippen LogP contribution is -2.23. The van der Waals surface area contributed by atoms with Crippen LogP contribution < -0.4 is 19.5 Å². The molecule has 28 heavy (non-hydrogen) atoms. The number of hydrogen-bond acceptors (Lipinski definition) is 6. The van der Waals surface area contributed by atoms with Crippen molar-refractivity contribution < 1.29 is 14.2 Å². The van der Waals surface area contributed by atoms with E-state index in [9.17, 15) is 0 Å². The van der Waals surface area contributed by atoms with Gasteiger partial charge >= 0.3 is 0 Å². The summed E-state index contributed by atoms with van der Waals surface area (Å²) in [7, 11) is 4.89. The number of nitrogens with zero attached hydrogens (tertiary/aromatic N) is 3. The Morgan fingerprint density at radius 2 is 1.68 bits per heavy atom. The van der Waals surface area contributed by atoms with E-state index in [0.717, 1.165) is 22.7 Å². The van der Waals surface area contributed by atoms with Crippen LogP contribution in [0.3, 0.4) is 0 Å². The van der Waals surface area contributed by atoms with Gasteiger partial charge in [0.2, 0.25) is 0 Å². The first kappa shape index (κ1) is 18.4. The number of benzene rings is 1. The first-order valence-corrected chi connectivity index (χ1v) is 9.64. The van der Waals surface area contributed by atoms with E-state index in [0.29, 0.717) is 23.3 Å². The fraction of sp³-hybridized carbons (Fsp3) is 0.429. The molecule has 0 saturated heterocycles. The molecule has 7 heteroatoms. The molecule has 0 unspecified atom stereocenters. The number of nitrogens with one attached hydrogen (secondary N) is 1. The van der Waals surface area contributed by atoms with Crippen molar-refractivity contribution in [2.75, 3.05) is 26.6 Å². The molecule has 0 radical (unpaired) electrons. The maximum absolute atomic E-state index is 5.65. The zero-order chi connectivity index (χ0) is 19.5. The standard InChI is InChI=1S/C21H26N4O3/c1-26-16-12-18(28-3)17(27-2)11-15(16)20-21(23-14-7-5-4-6-8-14)25-10-9-22-13-19(25)24-20/h9-14,23H,4-8H2,1-3H3. The molecule has 4 rings (SSSR count). The number of anilines is 1. The maximum atomic E-state index is 5.65. The van der Waals surface area contributed by atoms with E-state index in [-0.39, 0.29) is 0 Å². The molecule has 148 valence electrons. The Balaban J connectivity index is 1.87. The lowest BCUT2D eigenvalue weighted by molar-refractivity contribution is 0.349. The van der Waals surface area contributed by atoms with Gasteiger partial charge in [-0.15, -0.1) is 0 Å². The predicted molar refractivity (Wildman–Crippen MR) is 109 cm³/mol. The van der Waals surface area contributed by atoms with Crippen LogP contribution in [0.1, 0.15) is 32.1 Å².